The molecule has 0 radical (unpaired) electrons. The molecule has 5 heteroatoms. The lowest BCUT2D eigenvalue weighted by atomic mass is 9.79. The Morgan fingerprint density at radius 2 is 2.14 bits per heavy atom. The largest absolute Gasteiger partial charge is 0.396 e. The molecule has 2 heterocycles. The summed E-state index contributed by atoms with van der Waals surface area (Å²) >= 11 is 0. The highest BCUT2D eigenvalue weighted by Crippen LogP contribution is 2.37. The van der Waals surface area contributed by atoms with Crippen molar-refractivity contribution in [3.63, 3.8) is 0 Å². The first kappa shape index (κ1) is 15.4. The van der Waals surface area contributed by atoms with Crippen LogP contribution in [0.1, 0.15) is 33.1 Å². The van der Waals surface area contributed by atoms with E-state index in [4.69, 9.17) is 18.9 Å². The molecule has 2 aliphatic heterocycles. The number of hydrogen-bond donors (Lipinski definition) is 1. The summed E-state index contributed by atoms with van der Waals surface area (Å²) in [7, 11) is 0. The summed E-state index contributed by atoms with van der Waals surface area (Å²) in [6, 6.07) is 0. The molecule has 2 fully saturated rings. The van der Waals surface area contributed by atoms with Gasteiger partial charge in [0.15, 0.2) is 12.1 Å². The molecule has 0 amide bonds. The average Bonchev–Trinajstić information content (AvgIpc) is 2.47. The van der Waals surface area contributed by atoms with Crippen molar-refractivity contribution in [3.8, 4) is 0 Å². The highest BCUT2D eigenvalue weighted by atomic mass is 16.7. The van der Waals surface area contributed by atoms with Crippen molar-refractivity contribution in [2.45, 2.75) is 57.4 Å². The third kappa shape index (κ3) is 3.48. The molecule has 21 heavy (non-hydrogen) atoms. The van der Waals surface area contributed by atoms with Gasteiger partial charge in [0.05, 0.1) is 18.8 Å². The van der Waals surface area contributed by atoms with Crippen LogP contribution in [0.25, 0.3) is 0 Å². The van der Waals surface area contributed by atoms with Crippen molar-refractivity contribution in [2.24, 2.45) is 11.8 Å². The lowest BCUT2D eigenvalue weighted by Gasteiger charge is -2.46. The molecule has 0 bridgehead atoms. The van der Waals surface area contributed by atoms with Gasteiger partial charge in [-0.25, -0.2) is 0 Å². The minimum atomic E-state index is -0.564. The number of rotatable bonds is 3. The molecule has 5 nitrogen and oxygen atoms in total. The van der Waals surface area contributed by atoms with Crippen molar-refractivity contribution >= 4 is 0 Å². The van der Waals surface area contributed by atoms with E-state index in [0.29, 0.717) is 6.61 Å². The van der Waals surface area contributed by atoms with Crippen LogP contribution in [-0.2, 0) is 18.9 Å². The van der Waals surface area contributed by atoms with Crippen LogP contribution in [0.3, 0.4) is 0 Å². The molecule has 3 aliphatic rings. The first-order chi connectivity index (χ1) is 10.1. The van der Waals surface area contributed by atoms with E-state index in [1.807, 2.05) is 19.9 Å². The number of fused-ring (bicyclic) bond motifs is 1. The predicted molar refractivity (Wildman–Crippen MR) is 76.6 cm³/mol. The predicted octanol–water partition coefficient (Wildman–Crippen LogP) is 1.84. The summed E-state index contributed by atoms with van der Waals surface area (Å²) < 4.78 is 23.4. The van der Waals surface area contributed by atoms with Gasteiger partial charge in [-0.15, -0.1) is 0 Å². The van der Waals surface area contributed by atoms with Gasteiger partial charge in [-0.05, 0) is 33.1 Å². The Morgan fingerprint density at radius 1 is 1.29 bits per heavy atom. The van der Waals surface area contributed by atoms with E-state index in [0.717, 1.165) is 25.9 Å². The van der Waals surface area contributed by atoms with Crippen LogP contribution in [0.4, 0.5) is 0 Å². The molecule has 0 saturated carbocycles. The zero-order valence-electron chi connectivity index (χ0n) is 12.9. The van der Waals surface area contributed by atoms with Crippen LogP contribution in [0.15, 0.2) is 12.2 Å². The van der Waals surface area contributed by atoms with Crippen LogP contribution in [0.5, 0.6) is 0 Å². The lowest BCUT2D eigenvalue weighted by Crippen LogP contribution is -2.53. The molecular weight excluding hydrogens is 272 g/mol. The molecular formula is C16H26O5. The molecule has 0 aromatic rings. The quantitative estimate of drug-likeness (QED) is 0.806. The number of aliphatic hydroxyl groups excluding tert-OH is 1. The van der Waals surface area contributed by atoms with Crippen LogP contribution in [0, 0.1) is 11.8 Å². The zero-order chi connectivity index (χ0) is 14.9. The van der Waals surface area contributed by atoms with Gasteiger partial charge in [-0.2, -0.15) is 0 Å². The molecule has 120 valence electrons. The molecule has 3 rings (SSSR count). The van der Waals surface area contributed by atoms with E-state index < -0.39 is 5.79 Å². The van der Waals surface area contributed by atoms with Crippen molar-refractivity contribution in [1.82, 2.24) is 0 Å². The molecule has 1 aliphatic carbocycles. The molecule has 2 saturated heterocycles. The Hall–Kier alpha value is -0.460. The standard InChI is InChI=1S/C16H26O5/c1-16(2)19-10-12-11(9-17)13(6-7-14(12)21-16)20-15-5-3-4-8-18-15/h6-7,11-15,17H,3-5,8-10H2,1-2H3/t11-,12-,13-,14+,15?/m1/s1. The maximum Gasteiger partial charge on any atom is 0.163 e. The van der Waals surface area contributed by atoms with Gasteiger partial charge >= 0.3 is 0 Å². The van der Waals surface area contributed by atoms with E-state index in [1.54, 1.807) is 0 Å². The average molecular weight is 298 g/mol. The van der Waals surface area contributed by atoms with Crippen molar-refractivity contribution < 1.29 is 24.1 Å². The topological polar surface area (TPSA) is 57.2 Å². The Morgan fingerprint density at radius 3 is 2.86 bits per heavy atom. The fourth-order valence-corrected chi connectivity index (χ4v) is 3.37. The zero-order valence-corrected chi connectivity index (χ0v) is 12.9. The highest BCUT2D eigenvalue weighted by Gasteiger charge is 2.44. The van der Waals surface area contributed by atoms with Gasteiger partial charge < -0.3 is 24.1 Å². The summed E-state index contributed by atoms with van der Waals surface area (Å²) in [6.45, 7) is 5.25. The first-order valence-corrected chi connectivity index (χ1v) is 7.97. The number of ether oxygens (including phenoxy) is 4. The molecule has 0 spiro atoms. The minimum absolute atomic E-state index is 0.0124. The van der Waals surface area contributed by atoms with Crippen molar-refractivity contribution in [2.75, 3.05) is 19.8 Å². The Labute approximate surface area is 126 Å². The fourth-order valence-electron chi connectivity index (χ4n) is 3.37. The summed E-state index contributed by atoms with van der Waals surface area (Å²) in [4.78, 5) is 0. The van der Waals surface area contributed by atoms with E-state index in [1.165, 1.54) is 0 Å². The first-order valence-electron chi connectivity index (χ1n) is 7.97. The third-order valence-electron chi connectivity index (χ3n) is 4.59. The van der Waals surface area contributed by atoms with E-state index in [-0.39, 0.29) is 36.9 Å². The summed E-state index contributed by atoms with van der Waals surface area (Å²) in [5.74, 6) is -0.450. The highest BCUT2D eigenvalue weighted by molar-refractivity contribution is 5.09. The Balaban J connectivity index is 1.67. The molecule has 1 N–H and O–H groups in total. The monoisotopic (exact) mass is 298 g/mol. The van der Waals surface area contributed by atoms with Crippen LogP contribution in [-0.4, -0.2) is 49.2 Å². The van der Waals surface area contributed by atoms with E-state index in [9.17, 15) is 5.11 Å². The summed E-state index contributed by atoms with van der Waals surface area (Å²) in [5.41, 5.74) is 0. The number of hydrogen-bond acceptors (Lipinski definition) is 5. The molecule has 0 aromatic heterocycles. The fraction of sp³-hybridized carbons (Fsp3) is 0.875. The van der Waals surface area contributed by atoms with Gasteiger partial charge in [0.25, 0.3) is 0 Å². The maximum absolute atomic E-state index is 9.79. The molecule has 5 atom stereocenters. The van der Waals surface area contributed by atoms with Crippen LogP contribution in [0.2, 0.25) is 0 Å². The van der Waals surface area contributed by atoms with Gasteiger partial charge in [0, 0.05) is 25.0 Å². The van der Waals surface area contributed by atoms with Crippen molar-refractivity contribution in [1.29, 1.82) is 0 Å². The van der Waals surface area contributed by atoms with Crippen molar-refractivity contribution in [3.05, 3.63) is 12.2 Å². The van der Waals surface area contributed by atoms with Gasteiger partial charge in [0.2, 0.25) is 0 Å². The Bertz CT molecular complexity index is 375. The van der Waals surface area contributed by atoms with Crippen LogP contribution < -0.4 is 0 Å². The van der Waals surface area contributed by atoms with Gasteiger partial charge in [-0.1, -0.05) is 12.2 Å². The third-order valence-corrected chi connectivity index (χ3v) is 4.59. The summed E-state index contributed by atoms with van der Waals surface area (Å²) in [5, 5.41) is 9.79. The SMILES string of the molecule is CC1(C)OC[C@@H]2[C@@H](CO)[C@H](OC3CCCCO3)C=C[C@@H]2O1. The van der Waals surface area contributed by atoms with Gasteiger partial charge in [-0.3, -0.25) is 0 Å². The normalized spacial score (nSPS) is 42.5. The molecule has 1 unspecified atom stereocenters. The van der Waals surface area contributed by atoms with E-state index >= 15 is 0 Å². The minimum Gasteiger partial charge on any atom is -0.396 e. The molecule has 0 aromatic carbocycles. The summed E-state index contributed by atoms with van der Waals surface area (Å²) in [6.07, 6.45) is 6.93. The second-order valence-electron chi connectivity index (χ2n) is 6.59. The smallest absolute Gasteiger partial charge is 0.163 e. The van der Waals surface area contributed by atoms with E-state index in [2.05, 4.69) is 6.08 Å². The second-order valence-corrected chi connectivity index (χ2v) is 6.59. The maximum atomic E-state index is 9.79. The second kappa shape index (κ2) is 6.34. The Kier molecular flexibility index (Phi) is 4.66. The number of aliphatic hydroxyl groups is 1. The van der Waals surface area contributed by atoms with Crippen LogP contribution >= 0.6 is 0 Å². The lowest BCUT2D eigenvalue weighted by molar-refractivity contribution is -0.298. The van der Waals surface area contributed by atoms with Gasteiger partial charge in [0.1, 0.15) is 0 Å².